The van der Waals surface area contributed by atoms with Crippen molar-refractivity contribution in [2.75, 3.05) is 6.61 Å². The molecule has 0 radical (unpaired) electrons. The van der Waals surface area contributed by atoms with E-state index in [1.165, 1.54) is 6.07 Å². The van der Waals surface area contributed by atoms with Crippen molar-refractivity contribution in [3.63, 3.8) is 0 Å². The Morgan fingerprint density at radius 3 is 2.61 bits per heavy atom. The van der Waals surface area contributed by atoms with Crippen molar-refractivity contribution in [3.05, 3.63) is 34.1 Å². The normalized spacial score (nSPS) is 20.3. The van der Waals surface area contributed by atoms with Gasteiger partial charge in [0.25, 0.3) is 5.91 Å². The summed E-state index contributed by atoms with van der Waals surface area (Å²) in [6.45, 7) is -0.264. The summed E-state index contributed by atoms with van der Waals surface area (Å²) in [5.74, 6) is -1.23. The number of hydrogen-bond acceptors (Lipinski definition) is 5. The Kier molecular flexibility index (Phi) is 7.18. The maximum absolute atomic E-state index is 13.4. The fourth-order valence-corrected chi connectivity index (χ4v) is 2.41. The van der Waals surface area contributed by atoms with Gasteiger partial charge in [-0.05, 0) is 31.7 Å². The number of benzene rings is 1. The number of nitrogens with one attached hydrogen (secondary N) is 1. The predicted molar refractivity (Wildman–Crippen MR) is 84.2 cm³/mol. The van der Waals surface area contributed by atoms with Crippen LogP contribution in [0.25, 0.3) is 0 Å². The number of ether oxygens (including phenoxy) is 1. The van der Waals surface area contributed by atoms with Crippen molar-refractivity contribution in [2.45, 2.75) is 37.8 Å². The highest BCUT2D eigenvalue weighted by Gasteiger charge is 2.20. The Bertz CT molecular complexity index is 565. The molecule has 0 aromatic heterocycles. The van der Waals surface area contributed by atoms with Crippen LogP contribution in [0, 0.1) is 15.9 Å². The number of nitro benzene ring substituents is 1. The van der Waals surface area contributed by atoms with Crippen molar-refractivity contribution in [2.24, 2.45) is 5.73 Å². The highest BCUT2D eigenvalue weighted by molar-refractivity contribution is 5.85. The summed E-state index contributed by atoms with van der Waals surface area (Å²) in [6.07, 6.45) is 3.41. The number of rotatable bonds is 5. The molecule has 1 amide bonds. The molecule has 0 heterocycles. The van der Waals surface area contributed by atoms with Crippen LogP contribution in [0.1, 0.15) is 25.7 Å². The average molecular weight is 348 g/mol. The molecule has 1 aliphatic carbocycles. The number of carbonyl (C=O) groups excluding carboxylic acids is 1. The van der Waals surface area contributed by atoms with Gasteiger partial charge in [-0.15, -0.1) is 12.4 Å². The van der Waals surface area contributed by atoms with Crippen molar-refractivity contribution in [1.82, 2.24) is 5.32 Å². The molecule has 9 heteroatoms. The Morgan fingerprint density at radius 1 is 1.39 bits per heavy atom. The van der Waals surface area contributed by atoms with Crippen molar-refractivity contribution in [3.8, 4) is 5.75 Å². The number of hydrogen-bond donors (Lipinski definition) is 2. The van der Waals surface area contributed by atoms with Crippen LogP contribution in [0.4, 0.5) is 10.1 Å². The molecule has 2 rings (SSSR count). The smallest absolute Gasteiger partial charge is 0.305 e. The Balaban J connectivity index is 0.00000264. The maximum atomic E-state index is 13.4. The van der Waals surface area contributed by atoms with E-state index in [0.717, 1.165) is 37.8 Å². The second kappa shape index (κ2) is 8.64. The monoisotopic (exact) mass is 347 g/mol. The number of nitrogens with zero attached hydrogens (tertiary/aromatic N) is 1. The van der Waals surface area contributed by atoms with Crippen LogP contribution in [0.3, 0.4) is 0 Å². The van der Waals surface area contributed by atoms with E-state index in [4.69, 9.17) is 10.5 Å². The molecule has 0 aliphatic heterocycles. The second-order valence-electron chi connectivity index (χ2n) is 5.34. The highest BCUT2D eigenvalue weighted by atomic mass is 35.5. The molecule has 0 spiro atoms. The van der Waals surface area contributed by atoms with Gasteiger partial charge in [0, 0.05) is 24.2 Å². The lowest BCUT2D eigenvalue weighted by atomic mass is 9.92. The highest BCUT2D eigenvalue weighted by Crippen LogP contribution is 2.22. The third-order valence-electron chi connectivity index (χ3n) is 3.62. The van der Waals surface area contributed by atoms with Crippen LogP contribution in [0.15, 0.2) is 18.2 Å². The third-order valence-corrected chi connectivity index (χ3v) is 3.62. The van der Waals surface area contributed by atoms with Crippen LogP contribution >= 0.6 is 12.4 Å². The molecule has 1 saturated carbocycles. The summed E-state index contributed by atoms with van der Waals surface area (Å²) in [7, 11) is 0. The van der Waals surface area contributed by atoms with E-state index in [2.05, 4.69) is 5.32 Å². The molecule has 1 aromatic carbocycles. The van der Waals surface area contributed by atoms with E-state index in [9.17, 15) is 19.3 Å². The summed E-state index contributed by atoms with van der Waals surface area (Å²) in [4.78, 5) is 21.4. The van der Waals surface area contributed by atoms with Gasteiger partial charge in [-0.2, -0.15) is 4.39 Å². The Hall–Kier alpha value is -1.93. The number of nitro groups is 1. The first kappa shape index (κ1) is 19.1. The molecule has 1 aromatic rings. The zero-order chi connectivity index (χ0) is 16.1. The number of amides is 1. The van der Waals surface area contributed by atoms with Crippen LogP contribution in [-0.2, 0) is 4.79 Å². The zero-order valence-electron chi connectivity index (χ0n) is 12.4. The van der Waals surface area contributed by atoms with Crippen molar-refractivity contribution >= 4 is 24.0 Å². The lowest BCUT2D eigenvalue weighted by molar-refractivity contribution is -0.387. The van der Waals surface area contributed by atoms with Crippen molar-refractivity contribution < 1.29 is 18.8 Å². The second-order valence-corrected chi connectivity index (χ2v) is 5.34. The average Bonchev–Trinajstić information content (AvgIpc) is 2.47. The van der Waals surface area contributed by atoms with Gasteiger partial charge in [0.1, 0.15) is 5.75 Å². The molecule has 1 aliphatic rings. The van der Waals surface area contributed by atoms with Gasteiger partial charge in [-0.25, -0.2) is 0 Å². The van der Waals surface area contributed by atoms with Gasteiger partial charge in [0.05, 0.1) is 4.92 Å². The van der Waals surface area contributed by atoms with Crippen LogP contribution in [-0.4, -0.2) is 29.5 Å². The van der Waals surface area contributed by atoms with Gasteiger partial charge in [0.15, 0.2) is 6.61 Å². The molecule has 23 heavy (non-hydrogen) atoms. The van der Waals surface area contributed by atoms with Crippen LogP contribution in [0.5, 0.6) is 5.75 Å². The lowest BCUT2D eigenvalue weighted by Gasteiger charge is -2.26. The van der Waals surface area contributed by atoms with Gasteiger partial charge < -0.3 is 15.8 Å². The SMILES string of the molecule is Cl.NC1CCC(NC(=O)COc2ccc([N+](=O)[O-])c(F)c2)CC1. The van der Waals surface area contributed by atoms with E-state index in [1.807, 2.05) is 0 Å². The first-order valence-electron chi connectivity index (χ1n) is 7.07. The van der Waals surface area contributed by atoms with E-state index in [0.29, 0.717) is 0 Å². The Labute approximate surface area is 138 Å². The molecule has 128 valence electrons. The van der Waals surface area contributed by atoms with E-state index >= 15 is 0 Å². The minimum atomic E-state index is -0.996. The summed E-state index contributed by atoms with van der Waals surface area (Å²) in [5, 5.41) is 13.3. The zero-order valence-corrected chi connectivity index (χ0v) is 13.2. The number of carbonyl (C=O) groups is 1. The Morgan fingerprint density at radius 2 is 2.04 bits per heavy atom. The van der Waals surface area contributed by atoms with Crippen LogP contribution in [0.2, 0.25) is 0 Å². The number of halogens is 2. The molecule has 0 atom stereocenters. The standard InChI is InChI=1S/C14H18FN3O4.ClH/c15-12-7-11(5-6-13(12)18(20)21)22-8-14(19)17-10-3-1-9(16)2-4-10;/h5-7,9-10H,1-4,8,16H2,(H,17,19);1H. The lowest BCUT2D eigenvalue weighted by Crippen LogP contribution is -2.42. The number of nitrogens with two attached hydrogens (primary N) is 1. The van der Waals surface area contributed by atoms with Crippen molar-refractivity contribution in [1.29, 1.82) is 0 Å². The van der Waals surface area contributed by atoms with Gasteiger partial charge in [-0.3, -0.25) is 14.9 Å². The molecule has 0 bridgehead atoms. The topological polar surface area (TPSA) is 107 Å². The summed E-state index contributed by atoms with van der Waals surface area (Å²) in [6, 6.07) is 3.45. The summed E-state index contributed by atoms with van der Waals surface area (Å²) < 4.78 is 18.5. The minimum absolute atomic E-state index is 0. The first-order valence-corrected chi connectivity index (χ1v) is 7.07. The molecule has 7 nitrogen and oxygen atoms in total. The first-order chi connectivity index (χ1) is 10.5. The van der Waals surface area contributed by atoms with Crippen LogP contribution < -0.4 is 15.8 Å². The van der Waals surface area contributed by atoms with Gasteiger partial charge in [-0.1, -0.05) is 0 Å². The third kappa shape index (κ3) is 5.65. The molecular weight excluding hydrogens is 329 g/mol. The largest absolute Gasteiger partial charge is 0.484 e. The summed E-state index contributed by atoms with van der Waals surface area (Å²) in [5.41, 5.74) is 5.16. The molecule has 0 saturated heterocycles. The fraction of sp³-hybridized carbons (Fsp3) is 0.500. The molecular formula is C14H19ClFN3O4. The van der Waals surface area contributed by atoms with E-state index in [-0.39, 0.29) is 42.8 Å². The molecule has 3 N–H and O–H groups in total. The van der Waals surface area contributed by atoms with E-state index < -0.39 is 16.4 Å². The minimum Gasteiger partial charge on any atom is -0.484 e. The molecule has 1 fully saturated rings. The van der Waals surface area contributed by atoms with Gasteiger partial charge in [0.2, 0.25) is 5.82 Å². The summed E-state index contributed by atoms with van der Waals surface area (Å²) >= 11 is 0. The quantitative estimate of drug-likeness (QED) is 0.625. The van der Waals surface area contributed by atoms with Gasteiger partial charge >= 0.3 is 5.69 Å². The van der Waals surface area contributed by atoms with E-state index in [1.54, 1.807) is 0 Å². The maximum Gasteiger partial charge on any atom is 0.305 e. The predicted octanol–water partition coefficient (Wildman–Crippen LogP) is 1.92. The fourth-order valence-electron chi connectivity index (χ4n) is 2.41. The molecule has 0 unspecified atom stereocenters.